The van der Waals surface area contributed by atoms with E-state index in [0.29, 0.717) is 23.7 Å². The molecule has 0 atom stereocenters. The fraction of sp³-hybridized carbons (Fsp3) is 0.542. The molecule has 0 aliphatic carbocycles. The van der Waals surface area contributed by atoms with E-state index in [1.165, 1.54) is 0 Å². The zero-order chi connectivity index (χ0) is 21.6. The molecule has 2 fully saturated rings. The maximum atomic E-state index is 13.0. The maximum absolute atomic E-state index is 13.0. The second kappa shape index (κ2) is 10.2. The molecule has 4 rings (SSSR count). The zero-order valence-electron chi connectivity index (χ0n) is 18.5. The summed E-state index contributed by atoms with van der Waals surface area (Å²) in [5, 5.41) is 0. The third-order valence-corrected chi connectivity index (χ3v) is 6.02. The highest BCUT2D eigenvalue weighted by Crippen LogP contribution is 2.30. The van der Waals surface area contributed by atoms with Crippen molar-refractivity contribution in [1.82, 2.24) is 9.80 Å². The minimum absolute atomic E-state index is 0.0530. The van der Waals surface area contributed by atoms with Crippen molar-refractivity contribution in [3.8, 4) is 11.5 Å². The molecule has 2 aromatic rings. The van der Waals surface area contributed by atoms with Gasteiger partial charge in [0.1, 0.15) is 35.7 Å². The number of furan rings is 1. The van der Waals surface area contributed by atoms with E-state index in [-0.39, 0.29) is 12.0 Å². The second-order valence-corrected chi connectivity index (χ2v) is 8.26. The molecule has 1 amide bonds. The van der Waals surface area contributed by atoms with Crippen LogP contribution in [0.25, 0.3) is 0 Å². The van der Waals surface area contributed by atoms with Crippen molar-refractivity contribution in [2.24, 2.45) is 0 Å². The molecule has 7 heteroatoms. The van der Waals surface area contributed by atoms with Crippen molar-refractivity contribution in [3.05, 3.63) is 47.4 Å². The highest BCUT2D eigenvalue weighted by molar-refractivity contribution is 5.97. The molecule has 0 spiro atoms. The first-order valence-corrected chi connectivity index (χ1v) is 11.1. The summed E-state index contributed by atoms with van der Waals surface area (Å²) in [7, 11) is 3.30. The smallest absolute Gasteiger partial charge is 0.257 e. The van der Waals surface area contributed by atoms with Gasteiger partial charge in [-0.25, -0.2) is 0 Å². The van der Waals surface area contributed by atoms with Gasteiger partial charge in [0.2, 0.25) is 0 Å². The lowest BCUT2D eigenvalue weighted by Gasteiger charge is -2.32. The van der Waals surface area contributed by atoms with Crippen molar-refractivity contribution in [3.63, 3.8) is 0 Å². The Labute approximate surface area is 183 Å². The standard InChI is InChI=1S/C24H32N2O5/c1-28-17-21-6-5-20(30-21)16-25-13-9-18(10-14-25)31-23-15-19(29-2)7-8-22(23)24(27)26-11-3-4-12-26/h5-8,15,18H,3-4,9-14,16-17H2,1-2H3. The molecule has 31 heavy (non-hydrogen) atoms. The Balaban J connectivity index is 1.36. The Morgan fingerprint density at radius 2 is 1.77 bits per heavy atom. The van der Waals surface area contributed by atoms with E-state index in [1.54, 1.807) is 14.2 Å². The molecule has 168 valence electrons. The summed E-state index contributed by atoms with van der Waals surface area (Å²) < 4.78 is 22.7. The van der Waals surface area contributed by atoms with Crippen LogP contribution in [0, 0.1) is 0 Å². The van der Waals surface area contributed by atoms with Gasteiger partial charge in [-0.1, -0.05) is 0 Å². The Morgan fingerprint density at radius 3 is 2.48 bits per heavy atom. The van der Waals surface area contributed by atoms with Crippen molar-refractivity contribution in [2.75, 3.05) is 40.4 Å². The van der Waals surface area contributed by atoms with Gasteiger partial charge in [0.05, 0.1) is 19.2 Å². The first-order chi connectivity index (χ1) is 15.2. The van der Waals surface area contributed by atoms with Crippen LogP contribution >= 0.6 is 0 Å². The highest BCUT2D eigenvalue weighted by atomic mass is 16.5. The largest absolute Gasteiger partial charge is 0.497 e. The summed E-state index contributed by atoms with van der Waals surface area (Å²) in [6.45, 7) is 4.76. The van der Waals surface area contributed by atoms with E-state index in [9.17, 15) is 4.79 Å². The molecule has 3 heterocycles. The average molecular weight is 429 g/mol. The number of methoxy groups -OCH3 is 2. The number of rotatable bonds is 8. The molecule has 1 aromatic carbocycles. The first-order valence-electron chi connectivity index (χ1n) is 11.1. The van der Waals surface area contributed by atoms with Crippen molar-refractivity contribution in [1.29, 1.82) is 0 Å². The Bertz CT molecular complexity index is 867. The van der Waals surface area contributed by atoms with Crippen LogP contribution in [0.3, 0.4) is 0 Å². The molecule has 0 radical (unpaired) electrons. The maximum Gasteiger partial charge on any atom is 0.257 e. The second-order valence-electron chi connectivity index (χ2n) is 8.26. The van der Waals surface area contributed by atoms with Crippen LogP contribution in [0.2, 0.25) is 0 Å². The van der Waals surface area contributed by atoms with E-state index >= 15 is 0 Å². The Kier molecular flexibility index (Phi) is 7.14. The number of piperidine rings is 1. The van der Waals surface area contributed by atoms with Gasteiger partial charge in [-0.3, -0.25) is 9.69 Å². The number of carbonyl (C=O) groups is 1. The summed E-state index contributed by atoms with van der Waals surface area (Å²) in [6.07, 6.45) is 4.02. The fourth-order valence-corrected chi connectivity index (χ4v) is 4.31. The van der Waals surface area contributed by atoms with Gasteiger partial charge in [0, 0.05) is 39.4 Å². The van der Waals surface area contributed by atoms with Crippen LogP contribution in [-0.2, 0) is 17.9 Å². The number of likely N-dealkylation sites (tertiary alicyclic amines) is 2. The summed E-state index contributed by atoms with van der Waals surface area (Å²) in [6, 6.07) is 9.49. The van der Waals surface area contributed by atoms with E-state index in [1.807, 2.05) is 35.2 Å². The normalized spacial score (nSPS) is 17.8. The average Bonchev–Trinajstić information content (AvgIpc) is 3.47. The number of amides is 1. The van der Waals surface area contributed by atoms with Gasteiger partial charge < -0.3 is 23.5 Å². The molecule has 0 N–H and O–H groups in total. The molecule has 2 aliphatic rings. The monoisotopic (exact) mass is 428 g/mol. The molecule has 0 unspecified atom stereocenters. The molecular formula is C24H32N2O5. The van der Waals surface area contributed by atoms with Crippen LogP contribution in [-0.4, -0.2) is 62.2 Å². The number of hydrogen-bond acceptors (Lipinski definition) is 6. The Hall–Kier alpha value is -2.51. The summed E-state index contributed by atoms with van der Waals surface area (Å²) in [5.41, 5.74) is 0.631. The zero-order valence-corrected chi connectivity index (χ0v) is 18.5. The highest BCUT2D eigenvalue weighted by Gasteiger charge is 2.26. The van der Waals surface area contributed by atoms with E-state index in [2.05, 4.69) is 4.90 Å². The molecule has 0 saturated carbocycles. The third-order valence-electron chi connectivity index (χ3n) is 6.02. The lowest BCUT2D eigenvalue weighted by atomic mass is 10.1. The molecular weight excluding hydrogens is 396 g/mol. The molecule has 0 bridgehead atoms. The molecule has 2 saturated heterocycles. The number of benzene rings is 1. The van der Waals surface area contributed by atoms with E-state index in [0.717, 1.165) is 69.9 Å². The number of nitrogens with zero attached hydrogens (tertiary/aromatic N) is 2. The lowest BCUT2D eigenvalue weighted by Crippen LogP contribution is -2.38. The van der Waals surface area contributed by atoms with Crippen LogP contribution in [0.15, 0.2) is 34.7 Å². The van der Waals surface area contributed by atoms with Crippen LogP contribution in [0.1, 0.15) is 47.6 Å². The molecule has 7 nitrogen and oxygen atoms in total. The first kappa shape index (κ1) is 21.7. The van der Waals surface area contributed by atoms with Crippen LogP contribution in [0.5, 0.6) is 11.5 Å². The summed E-state index contributed by atoms with van der Waals surface area (Å²) in [5.74, 6) is 3.19. The Morgan fingerprint density at radius 1 is 1.03 bits per heavy atom. The van der Waals surface area contributed by atoms with Gasteiger partial charge in [-0.15, -0.1) is 0 Å². The van der Waals surface area contributed by atoms with Crippen molar-refractivity contribution >= 4 is 5.91 Å². The minimum atomic E-state index is 0.0530. The predicted octanol–water partition coefficient (Wildman–Crippen LogP) is 3.71. The molecule has 2 aliphatic heterocycles. The number of carbonyl (C=O) groups excluding carboxylic acids is 1. The van der Waals surface area contributed by atoms with E-state index < -0.39 is 0 Å². The third kappa shape index (κ3) is 5.40. The number of ether oxygens (including phenoxy) is 3. The van der Waals surface area contributed by atoms with Gasteiger partial charge in [0.25, 0.3) is 5.91 Å². The van der Waals surface area contributed by atoms with Crippen LogP contribution in [0.4, 0.5) is 0 Å². The molecule has 1 aromatic heterocycles. The van der Waals surface area contributed by atoms with Gasteiger partial charge >= 0.3 is 0 Å². The van der Waals surface area contributed by atoms with E-state index in [4.69, 9.17) is 18.6 Å². The predicted molar refractivity (Wildman–Crippen MR) is 116 cm³/mol. The quantitative estimate of drug-likeness (QED) is 0.639. The minimum Gasteiger partial charge on any atom is -0.497 e. The summed E-state index contributed by atoms with van der Waals surface area (Å²) in [4.78, 5) is 17.3. The van der Waals surface area contributed by atoms with Crippen molar-refractivity contribution in [2.45, 2.75) is 44.9 Å². The SMILES string of the molecule is COCc1ccc(CN2CCC(Oc3cc(OC)ccc3C(=O)N3CCCC3)CC2)o1. The topological polar surface area (TPSA) is 64.4 Å². The van der Waals surface area contributed by atoms with Crippen LogP contribution < -0.4 is 9.47 Å². The summed E-state index contributed by atoms with van der Waals surface area (Å²) >= 11 is 0. The lowest BCUT2D eigenvalue weighted by molar-refractivity contribution is 0.0758. The van der Waals surface area contributed by atoms with Gasteiger partial charge in [-0.2, -0.15) is 0 Å². The van der Waals surface area contributed by atoms with Crippen molar-refractivity contribution < 1.29 is 23.4 Å². The number of hydrogen-bond donors (Lipinski definition) is 0. The fourth-order valence-electron chi connectivity index (χ4n) is 4.31. The van der Waals surface area contributed by atoms with Gasteiger partial charge in [-0.05, 0) is 49.9 Å². The van der Waals surface area contributed by atoms with Gasteiger partial charge in [0.15, 0.2) is 0 Å².